The maximum Gasteiger partial charge on any atom is 0.267 e. The molecule has 24 heavy (non-hydrogen) atoms. The first-order valence-electron chi connectivity index (χ1n) is 7.98. The molecular weight excluding hydrogens is 304 g/mol. The Morgan fingerprint density at radius 3 is 2.46 bits per heavy atom. The van der Waals surface area contributed by atoms with Crippen molar-refractivity contribution in [1.82, 2.24) is 10.3 Å². The minimum absolute atomic E-state index is 0.138. The normalized spacial score (nSPS) is 10.5. The first-order valence-corrected chi connectivity index (χ1v) is 7.98. The maximum absolute atomic E-state index is 12.1. The Kier molecular flexibility index (Phi) is 5.01. The van der Waals surface area contributed by atoms with Crippen molar-refractivity contribution in [1.29, 1.82) is 0 Å². The number of ether oxygens (including phenoxy) is 2. The van der Waals surface area contributed by atoms with Gasteiger partial charge in [0.25, 0.3) is 5.91 Å². The minimum Gasteiger partial charge on any atom is -0.494 e. The lowest BCUT2D eigenvalue weighted by molar-refractivity contribution is 0.0943. The molecule has 3 aromatic rings. The van der Waals surface area contributed by atoms with E-state index in [1.54, 1.807) is 0 Å². The van der Waals surface area contributed by atoms with E-state index in [1.807, 2.05) is 61.5 Å². The molecule has 0 aliphatic carbocycles. The molecule has 0 saturated heterocycles. The molecule has 0 bridgehead atoms. The summed E-state index contributed by atoms with van der Waals surface area (Å²) in [6.07, 6.45) is 0. The molecule has 3 rings (SSSR count). The van der Waals surface area contributed by atoms with Crippen molar-refractivity contribution in [3.8, 4) is 11.5 Å². The molecule has 1 aromatic heterocycles. The van der Waals surface area contributed by atoms with Crippen LogP contribution in [0.5, 0.6) is 11.5 Å². The Morgan fingerprint density at radius 1 is 1.04 bits per heavy atom. The van der Waals surface area contributed by atoms with E-state index in [1.165, 1.54) is 0 Å². The van der Waals surface area contributed by atoms with Gasteiger partial charge in [0.1, 0.15) is 23.8 Å². The molecule has 0 atom stereocenters. The second-order valence-corrected chi connectivity index (χ2v) is 5.28. The fourth-order valence-corrected chi connectivity index (χ4v) is 2.42. The van der Waals surface area contributed by atoms with Crippen LogP contribution in [0.15, 0.2) is 54.6 Å². The summed E-state index contributed by atoms with van der Waals surface area (Å²) in [5.74, 6) is 1.43. The zero-order valence-corrected chi connectivity index (χ0v) is 13.5. The van der Waals surface area contributed by atoms with Gasteiger partial charge in [0.2, 0.25) is 0 Å². The van der Waals surface area contributed by atoms with E-state index in [0.717, 1.165) is 22.4 Å². The summed E-state index contributed by atoms with van der Waals surface area (Å²) in [4.78, 5) is 15.2. The van der Waals surface area contributed by atoms with Crippen molar-refractivity contribution >= 4 is 16.8 Å². The van der Waals surface area contributed by atoms with Gasteiger partial charge in [0, 0.05) is 10.9 Å². The van der Waals surface area contributed by atoms with Gasteiger partial charge in [-0.3, -0.25) is 4.79 Å². The van der Waals surface area contributed by atoms with E-state index in [9.17, 15) is 4.79 Å². The van der Waals surface area contributed by atoms with Gasteiger partial charge in [0.05, 0.1) is 13.2 Å². The van der Waals surface area contributed by atoms with Gasteiger partial charge in [-0.05, 0) is 43.3 Å². The average Bonchev–Trinajstić information content (AvgIpc) is 3.04. The number of amides is 1. The second-order valence-electron chi connectivity index (χ2n) is 5.28. The molecule has 5 heteroatoms. The van der Waals surface area contributed by atoms with Gasteiger partial charge >= 0.3 is 0 Å². The standard InChI is InChI=1S/C19H20N2O3/c1-2-23-15-7-9-16(10-8-15)24-12-11-20-19(22)18-13-14-5-3-4-6-17(14)21-18/h3-10,13,21H,2,11-12H2,1H3,(H,20,22). The molecular formula is C19H20N2O3. The van der Waals surface area contributed by atoms with Crippen LogP contribution in [0.1, 0.15) is 17.4 Å². The second kappa shape index (κ2) is 7.55. The van der Waals surface area contributed by atoms with Crippen LogP contribution < -0.4 is 14.8 Å². The number of carbonyl (C=O) groups excluding carboxylic acids is 1. The van der Waals surface area contributed by atoms with Crippen LogP contribution in [0.25, 0.3) is 10.9 Å². The lowest BCUT2D eigenvalue weighted by Crippen LogP contribution is -2.28. The molecule has 0 fully saturated rings. The summed E-state index contributed by atoms with van der Waals surface area (Å²) < 4.78 is 11.0. The number of carbonyl (C=O) groups is 1. The number of benzene rings is 2. The molecule has 1 amide bonds. The van der Waals surface area contributed by atoms with Crippen LogP contribution in [0, 0.1) is 0 Å². The smallest absolute Gasteiger partial charge is 0.267 e. The predicted octanol–water partition coefficient (Wildman–Crippen LogP) is 3.38. The average molecular weight is 324 g/mol. The van der Waals surface area contributed by atoms with E-state index in [4.69, 9.17) is 9.47 Å². The van der Waals surface area contributed by atoms with Gasteiger partial charge in [-0.15, -0.1) is 0 Å². The van der Waals surface area contributed by atoms with Crippen molar-refractivity contribution in [2.24, 2.45) is 0 Å². The molecule has 0 aliphatic rings. The Balaban J connectivity index is 1.46. The van der Waals surface area contributed by atoms with Crippen molar-refractivity contribution < 1.29 is 14.3 Å². The lowest BCUT2D eigenvalue weighted by Gasteiger charge is -2.08. The van der Waals surface area contributed by atoms with Crippen molar-refractivity contribution in [3.05, 3.63) is 60.3 Å². The fourth-order valence-electron chi connectivity index (χ4n) is 2.42. The Morgan fingerprint density at radius 2 is 1.75 bits per heavy atom. The summed E-state index contributed by atoms with van der Waals surface area (Å²) >= 11 is 0. The van der Waals surface area contributed by atoms with Crippen LogP contribution in [0.4, 0.5) is 0 Å². The quantitative estimate of drug-likeness (QED) is 0.655. The molecule has 0 spiro atoms. The number of nitrogens with one attached hydrogen (secondary N) is 2. The molecule has 0 aliphatic heterocycles. The fraction of sp³-hybridized carbons (Fsp3) is 0.211. The van der Waals surface area contributed by atoms with E-state index in [0.29, 0.717) is 25.5 Å². The molecule has 2 N–H and O–H groups in total. The number of hydrogen-bond donors (Lipinski definition) is 2. The van der Waals surface area contributed by atoms with Crippen LogP contribution in [-0.4, -0.2) is 30.6 Å². The van der Waals surface area contributed by atoms with Crippen LogP contribution >= 0.6 is 0 Å². The van der Waals surface area contributed by atoms with Gasteiger partial charge in [-0.1, -0.05) is 18.2 Å². The Bertz CT molecular complexity index is 776. The summed E-state index contributed by atoms with van der Waals surface area (Å²) in [5, 5.41) is 3.86. The van der Waals surface area contributed by atoms with E-state index in [2.05, 4.69) is 10.3 Å². The first kappa shape index (κ1) is 15.9. The van der Waals surface area contributed by atoms with Crippen LogP contribution in [0.2, 0.25) is 0 Å². The number of aromatic nitrogens is 1. The van der Waals surface area contributed by atoms with Gasteiger partial charge in [-0.2, -0.15) is 0 Å². The van der Waals surface area contributed by atoms with Crippen molar-refractivity contribution in [2.75, 3.05) is 19.8 Å². The van der Waals surface area contributed by atoms with E-state index < -0.39 is 0 Å². The van der Waals surface area contributed by atoms with Gasteiger partial charge < -0.3 is 19.8 Å². The zero-order valence-electron chi connectivity index (χ0n) is 13.5. The highest BCUT2D eigenvalue weighted by atomic mass is 16.5. The molecule has 0 saturated carbocycles. The lowest BCUT2D eigenvalue weighted by atomic mass is 10.2. The first-order chi connectivity index (χ1) is 11.8. The van der Waals surface area contributed by atoms with Gasteiger partial charge in [-0.25, -0.2) is 0 Å². The largest absolute Gasteiger partial charge is 0.494 e. The van der Waals surface area contributed by atoms with Gasteiger partial charge in [0.15, 0.2) is 0 Å². The Labute approximate surface area is 140 Å². The summed E-state index contributed by atoms with van der Waals surface area (Å²) in [7, 11) is 0. The van der Waals surface area contributed by atoms with E-state index >= 15 is 0 Å². The van der Waals surface area contributed by atoms with E-state index in [-0.39, 0.29) is 5.91 Å². The molecule has 1 heterocycles. The number of fused-ring (bicyclic) bond motifs is 1. The molecule has 0 unspecified atom stereocenters. The number of H-pyrrole nitrogens is 1. The number of aromatic amines is 1. The maximum atomic E-state index is 12.1. The monoisotopic (exact) mass is 324 g/mol. The summed E-state index contributed by atoms with van der Waals surface area (Å²) in [6, 6.07) is 17.1. The Hall–Kier alpha value is -2.95. The van der Waals surface area contributed by atoms with Crippen LogP contribution in [-0.2, 0) is 0 Å². The SMILES string of the molecule is CCOc1ccc(OCCNC(=O)c2cc3ccccc3[nH]2)cc1. The summed E-state index contributed by atoms with van der Waals surface area (Å²) in [5.41, 5.74) is 1.51. The third-order valence-electron chi connectivity index (χ3n) is 3.57. The van der Waals surface area contributed by atoms with Crippen LogP contribution in [0.3, 0.4) is 0 Å². The zero-order chi connectivity index (χ0) is 16.8. The number of hydrogen-bond acceptors (Lipinski definition) is 3. The number of para-hydroxylation sites is 1. The highest BCUT2D eigenvalue weighted by molar-refractivity contribution is 5.97. The highest BCUT2D eigenvalue weighted by Crippen LogP contribution is 2.17. The molecule has 5 nitrogen and oxygen atoms in total. The third kappa shape index (κ3) is 3.87. The predicted molar refractivity (Wildman–Crippen MR) is 93.7 cm³/mol. The topological polar surface area (TPSA) is 63.4 Å². The molecule has 0 radical (unpaired) electrons. The number of rotatable bonds is 7. The van der Waals surface area contributed by atoms with Crippen molar-refractivity contribution in [3.63, 3.8) is 0 Å². The molecule has 124 valence electrons. The van der Waals surface area contributed by atoms with Crippen molar-refractivity contribution in [2.45, 2.75) is 6.92 Å². The third-order valence-corrected chi connectivity index (χ3v) is 3.57. The summed E-state index contributed by atoms with van der Waals surface area (Å²) in [6.45, 7) is 3.42. The minimum atomic E-state index is -0.138. The highest BCUT2D eigenvalue weighted by Gasteiger charge is 2.08. The molecule has 2 aromatic carbocycles.